The summed E-state index contributed by atoms with van der Waals surface area (Å²) in [5.41, 5.74) is 2.26. The summed E-state index contributed by atoms with van der Waals surface area (Å²) in [7, 11) is 0. The van der Waals surface area contributed by atoms with E-state index in [4.69, 9.17) is 21.4 Å². The highest BCUT2D eigenvalue weighted by Gasteiger charge is 2.39. The lowest BCUT2D eigenvalue weighted by molar-refractivity contribution is -0.274. The van der Waals surface area contributed by atoms with Gasteiger partial charge in [-0.2, -0.15) is 0 Å². The molecule has 2 aliphatic rings. The molecule has 30 heavy (non-hydrogen) atoms. The van der Waals surface area contributed by atoms with Crippen molar-refractivity contribution < 1.29 is 32.5 Å². The third-order valence-electron chi connectivity index (χ3n) is 5.24. The molecule has 0 fully saturated rings. The highest BCUT2D eigenvalue weighted by Crippen LogP contribution is 2.51. The van der Waals surface area contributed by atoms with Crippen LogP contribution in [0.5, 0.6) is 11.5 Å². The van der Waals surface area contributed by atoms with E-state index in [0.717, 1.165) is 17.5 Å². The number of aliphatic carboxylic acids is 1. The van der Waals surface area contributed by atoms with Crippen LogP contribution in [0.4, 0.5) is 18.9 Å². The maximum Gasteiger partial charge on any atom is 0.573 e. The van der Waals surface area contributed by atoms with Crippen molar-refractivity contribution in [1.82, 2.24) is 0 Å². The van der Waals surface area contributed by atoms with Crippen molar-refractivity contribution in [3.8, 4) is 11.5 Å². The molecule has 0 radical (unpaired) electrons. The molecular formula is C21H17ClF3NO4. The molecule has 0 spiro atoms. The van der Waals surface area contributed by atoms with Crippen LogP contribution in [-0.4, -0.2) is 24.0 Å². The maximum atomic E-state index is 12.6. The van der Waals surface area contributed by atoms with Gasteiger partial charge in [0, 0.05) is 16.6 Å². The number of halogens is 4. The van der Waals surface area contributed by atoms with Gasteiger partial charge >= 0.3 is 12.3 Å². The molecule has 0 aromatic heterocycles. The predicted octanol–water partition coefficient (Wildman–Crippen LogP) is 5.53. The SMILES string of the molecule is O=C(O)COc1ccc(C2Nc3ccc(OC(F)(F)F)cc3C3C=CCC32)c(Cl)c1. The predicted molar refractivity (Wildman–Crippen MR) is 104 cm³/mol. The Bertz CT molecular complexity index is 1010. The molecule has 1 heterocycles. The summed E-state index contributed by atoms with van der Waals surface area (Å²) in [5, 5.41) is 12.5. The van der Waals surface area contributed by atoms with Gasteiger partial charge in [0.2, 0.25) is 0 Å². The molecule has 9 heteroatoms. The molecule has 158 valence electrons. The normalized spacial score (nSPS) is 22.1. The molecule has 2 aromatic carbocycles. The summed E-state index contributed by atoms with van der Waals surface area (Å²) in [6.07, 6.45) is -0.0108. The standard InChI is InChI=1S/C21H17ClF3NO4/c22-17-9-11(29-10-19(27)28)4-6-15(17)20-14-3-1-2-13(14)16-8-12(30-21(23,24)25)5-7-18(16)26-20/h1-2,4-9,13-14,20,26H,3,10H2,(H,27,28). The monoisotopic (exact) mass is 439 g/mol. The number of carboxylic acids is 1. The molecular weight excluding hydrogens is 423 g/mol. The van der Waals surface area contributed by atoms with Gasteiger partial charge in [-0.3, -0.25) is 0 Å². The van der Waals surface area contributed by atoms with Gasteiger partial charge in [0.25, 0.3) is 0 Å². The number of ether oxygens (including phenoxy) is 2. The first-order valence-corrected chi connectivity index (χ1v) is 9.56. The minimum atomic E-state index is -4.75. The first-order valence-electron chi connectivity index (χ1n) is 9.18. The number of hydrogen-bond donors (Lipinski definition) is 2. The molecule has 3 unspecified atom stereocenters. The molecule has 0 saturated carbocycles. The Morgan fingerprint density at radius 2 is 1.93 bits per heavy atom. The molecule has 1 aliphatic heterocycles. The van der Waals surface area contributed by atoms with Crippen molar-refractivity contribution in [3.05, 3.63) is 64.7 Å². The molecule has 4 rings (SSSR count). The second-order valence-electron chi connectivity index (χ2n) is 7.14. The first kappa shape index (κ1) is 20.4. The molecule has 1 aliphatic carbocycles. The van der Waals surface area contributed by atoms with Crippen LogP contribution >= 0.6 is 11.6 Å². The summed E-state index contributed by atoms with van der Waals surface area (Å²) >= 11 is 6.46. The van der Waals surface area contributed by atoms with Gasteiger partial charge in [-0.15, -0.1) is 13.2 Å². The van der Waals surface area contributed by atoms with Crippen molar-refractivity contribution >= 4 is 23.3 Å². The van der Waals surface area contributed by atoms with Gasteiger partial charge in [-0.25, -0.2) is 4.79 Å². The number of alkyl halides is 3. The largest absolute Gasteiger partial charge is 0.573 e. The molecule has 3 atom stereocenters. The minimum Gasteiger partial charge on any atom is -0.482 e. The Balaban J connectivity index is 1.63. The number of allylic oxidation sites excluding steroid dienone is 2. The zero-order valence-corrected chi connectivity index (χ0v) is 16.2. The average Bonchev–Trinajstić information content (AvgIpc) is 3.15. The van der Waals surface area contributed by atoms with Crippen molar-refractivity contribution in [2.24, 2.45) is 5.92 Å². The summed E-state index contributed by atoms with van der Waals surface area (Å²) in [6, 6.07) is 9.09. The van der Waals surface area contributed by atoms with Crippen molar-refractivity contribution in [3.63, 3.8) is 0 Å². The topological polar surface area (TPSA) is 67.8 Å². The van der Waals surface area contributed by atoms with E-state index in [1.54, 1.807) is 24.3 Å². The van der Waals surface area contributed by atoms with Gasteiger partial charge in [0.05, 0.1) is 6.04 Å². The van der Waals surface area contributed by atoms with Gasteiger partial charge < -0.3 is 19.9 Å². The number of carbonyl (C=O) groups is 1. The smallest absolute Gasteiger partial charge is 0.482 e. The molecule has 0 bridgehead atoms. The van der Waals surface area contributed by atoms with Gasteiger partial charge in [-0.1, -0.05) is 29.8 Å². The van der Waals surface area contributed by atoms with E-state index < -0.39 is 18.9 Å². The second kappa shape index (κ2) is 7.75. The van der Waals surface area contributed by atoms with Crippen molar-refractivity contribution in [1.29, 1.82) is 0 Å². The third kappa shape index (κ3) is 4.18. The van der Waals surface area contributed by atoms with E-state index in [0.29, 0.717) is 16.5 Å². The Kier molecular flexibility index (Phi) is 5.27. The second-order valence-corrected chi connectivity index (χ2v) is 7.55. The minimum absolute atomic E-state index is 0.0573. The van der Waals surface area contributed by atoms with E-state index in [1.165, 1.54) is 12.1 Å². The lowest BCUT2D eigenvalue weighted by Gasteiger charge is -2.38. The third-order valence-corrected chi connectivity index (χ3v) is 5.56. The van der Waals surface area contributed by atoms with Crippen molar-refractivity contribution in [2.45, 2.75) is 24.7 Å². The quantitative estimate of drug-likeness (QED) is 0.600. The fourth-order valence-corrected chi connectivity index (χ4v) is 4.36. The van der Waals surface area contributed by atoms with Gasteiger partial charge in [-0.05, 0) is 53.8 Å². The fraction of sp³-hybridized carbons (Fsp3) is 0.286. The van der Waals surface area contributed by atoms with Gasteiger partial charge in [0.15, 0.2) is 6.61 Å². The van der Waals surface area contributed by atoms with Crippen LogP contribution in [0.1, 0.15) is 29.5 Å². The molecule has 2 aromatic rings. The molecule has 0 amide bonds. The fourth-order valence-electron chi connectivity index (χ4n) is 4.07. The Morgan fingerprint density at radius 3 is 2.63 bits per heavy atom. The number of hydrogen-bond acceptors (Lipinski definition) is 4. The number of nitrogens with one attached hydrogen (secondary N) is 1. The van der Waals surface area contributed by atoms with Crippen LogP contribution in [0.15, 0.2) is 48.6 Å². The number of anilines is 1. The summed E-state index contributed by atoms with van der Waals surface area (Å²) in [4.78, 5) is 10.7. The molecule has 5 nitrogen and oxygen atoms in total. The molecule has 0 saturated heterocycles. The summed E-state index contributed by atoms with van der Waals surface area (Å²) in [5.74, 6) is -1.02. The van der Waals surface area contributed by atoms with Crippen LogP contribution in [0.2, 0.25) is 5.02 Å². The average molecular weight is 440 g/mol. The Labute approximate surface area is 175 Å². The maximum absolute atomic E-state index is 12.6. The first-order chi connectivity index (χ1) is 14.2. The van der Waals surface area contributed by atoms with Crippen molar-refractivity contribution in [2.75, 3.05) is 11.9 Å². The zero-order chi connectivity index (χ0) is 21.5. The van der Waals surface area contributed by atoms with Crippen LogP contribution in [0.25, 0.3) is 0 Å². The highest BCUT2D eigenvalue weighted by molar-refractivity contribution is 6.31. The lowest BCUT2D eigenvalue weighted by Crippen LogP contribution is -2.29. The number of benzene rings is 2. The summed E-state index contributed by atoms with van der Waals surface area (Å²) < 4.78 is 47.0. The van der Waals surface area contributed by atoms with Crippen LogP contribution < -0.4 is 14.8 Å². The zero-order valence-electron chi connectivity index (χ0n) is 15.4. The highest BCUT2D eigenvalue weighted by atomic mass is 35.5. The van der Waals surface area contributed by atoms with E-state index in [2.05, 4.69) is 10.1 Å². The van der Waals surface area contributed by atoms with E-state index >= 15 is 0 Å². The van der Waals surface area contributed by atoms with Crippen LogP contribution in [-0.2, 0) is 4.79 Å². The molecule has 2 N–H and O–H groups in total. The van der Waals surface area contributed by atoms with Crippen LogP contribution in [0.3, 0.4) is 0 Å². The Morgan fingerprint density at radius 1 is 1.17 bits per heavy atom. The van der Waals surface area contributed by atoms with E-state index in [-0.39, 0.29) is 23.6 Å². The lowest BCUT2D eigenvalue weighted by atomic mass is 9.77. The Hall–Kier alpha value is -2.87. The number of rotatable bonds is 5. The number of fused-ring (bicyclic) bond motifs is 3. The van der Waals surface area contributed by atoms with Gasteiger partial charge in [0.1, 0.15) is 11.5 Å². The van der Waals surface area contributed by atoms with E-state index in [1.807, 2.05) is 12.2 Å². The summed E-state index contributed by atoms with van der Waals surface area (Å²) in [6.45, 7) is -0.471. The number of carboxylic acid groups (broad SMARTS) is 1. The van der Waals surface area contributed by atoms with Crippen LogP contribution in [0, 0.1) is 5.92 Å². The van der Waals surface area contributed by atoms with E-state index in [9.17, 15) is 18.0 Å².